The molecule has 204 valence electrons. The molecule has 10 nitrogen and oxygen atoms in total. The van der Waals surface area contributed by atoms with Gasteiger partial charge in [-0.25, -0.2) is 0 Å². The molecule has 0 radical (unpaired) electrons. The van der Waals surface area contributed by atoms with Crippen LogP contribution in [0.4, 0.5) is 0 Å². The van der Waals surface area contributed by atoms with E-state index in [1.165, 1.54) is 0 Å². The summed E-state index contributed by atoms with van der Waals surface area (Å²) in [6.07, 6.45) is 1.61. The Hall–Kier alpha value is -2.86. The molecular formula is C27H30Cl2N8O2. The Morgan fingerprint density at radius 1 is 1.08 bits per heavy atom. The van der Waals surface area contributed by atoms with E-state index in [1.54, 1.807) is 48.8 Å². The molecule has 1 aromatic heterocycles. The van der Waals surface area contributed by atoms with Gasteiger partial charge in [-0.3, -0.25) is 24.0 Å². The monoisotopic (exact) mass is 568 g/mol. The normalized spacial score (nSPS) is 23.0. The number of piperazine rings is 2. The van der Waals surface area contributed by atoms with Gasteiger partial charge in [-0.15, -0.1) is 10.2 Å². The molecule has 0 aliphatic carbocycles. The maximum Gasteiger partial charge on any atom is 0.234 e. The van der Waals surface area contributed by atoms with Gasteiger partial charge >= 0.3 is 0 Å². The summed E-state index contributed by atoms with van der Waals surface area (Å²) in [6, 6.07) is 12.5. The van der Waals surface area contributed by atoms with Crippen LogP contribution in [0.2, 0.25) is 10.0 Å². The first kappa shape index (κ1) is 26.4. The smallest absolute Gasteiger partial charge is 0.234 e. The minimum Gasteiger partial charge on any atom is -0.353 e. The fraction of sp³-hybridized carbons (Fsp3) is 0.407. The molecule has 0 bridgehead atoms. The van der Waals surface area contributed by atoms with Crippen LogP contribution in [0.15, 0.2) is 48.8 Å². The largest absolute Gasteiger partial charge is 0.353 e. The number of rotatable bonds is 9. The van der Waals surface area contributed by atoms with E-state index >= 15 is 0 Å². The van der Waals surface area contributed by atoms with Crippen LogP contribution in [0.1, 0.15) is 21.7 Å². The number of nitrogens with one attached hydrogen (secondary N) is 3. The van der Waals surface area contributed by atoms with Crippen molar-refractivity contribution in [2.24, 2.45) is 0 Å². The number of hydrogen-bond donors (Lipinski definition) is 3. The van der Waals surface area contributed by atoms with Crippen molar-refractivity contribution in [3.63, 3.8) is 0 Å². The van der Waals surface area contributed by atoms with Crippen molar-refractivity contribution in [2.45, 2.75) is 18.1 Å². The molecule has 1 amide bonds. The molecule has 3 N–H and O–H groups in total. The van der Waals surface area contributed by atoms with Crippen molar-refractivity contribution < 1.29 is 9.59 Å². The first-order valence-corrected chi connectivity index (χ1v) is 13.9. The highest BCUT2D eigenvalue weighted by molar-refractivity contribution is 6.35. The van der Waals surface area contributed by atoms with Gasteiger partial charge < -0.3 is 16.0 Å². The molecule has 3 aliphatic rings. The average Bonchev–Trinajstić information content (AvgIpc) is 3.23. The minimum absolute atomic E-state index is 0.0652. The van der Waals surface area contributed by atoms with E-state index in [9.17, 15) is 9.59 Å². The molecule has 2 atom stereocenters. The Balaban J connectivity index is 1.13. The summed E-state index contributed by atoms with van der Waals surface area (Å²) in [5.41, 5.74) is 1.35. The summed E-state index contributed by atoms with van der Waals surface area (Å²) in [4.78, 5) is 30.5. The summed E-state index contributed by atoms with van der Waals surface area (Å²) < 4.78 is 1.83. The van der Waals surface area contributed by atoms with E-state index in [-0.39, 0.29) is 17.2 Å². The predicted octanol–water partition coefficient (Wildman–Crippen LogP) is 1.35. The van der Waals surface area contributed by atoms with Crippen LogP contribution in [-0.2, 0) is 11.3 Å². The van der Waals surface area contributed by atoms with Crippen molar-refractivity contribution >= 4 is 34.9 Å². The van der Waals surface area contributed by atoms with Crippen LogP contribution in [0.25, 0.3) is 5.69 Å². The number of hydrogen-bond acceptors (Lipinski definition) is 8. The number of aromatic nitrogens is 3. The fourth-order valence-electron chi connectivity index (χ4n) is 5.60. The Morgan fingerprint density at radius 3 is 2.72 bits per heavy atom. The van der Waals surface area contributed by atoms with Crippen LogP contribution in [0.3, 0.4) is 0 Å². The van der Waals surface area contributed by atoms with E-state index < -0.39 is 0 Å². The van der Waals surface area contributed by atoms with E-state index in [0.29, 0.717) is 58.4 Å². The van der Waals surface area contributed by atoms with Crippen molar-refractivity contribution in [1.29, 1.82) is 0 Å². The molecule has 3 aliphatic heterocycles. The molecule has 12 heteroatoms. The number of benzene rings is 2. The standard InChI is InChI=1S/C27H30Cl2N8O2/c28-18-5-6-22(20(11-18)26(39)19-3-1-2-4-21(19)29)37-17-32-34-24(37)13-36-12-23-27(16-36,33-23)15-31-25(38)14-35-9-7-30-8-10-35/h1-6,11,17,23,30,33H,7-10,12-16H2,(H,31,38). The van der Waals surface area contributed by atoms with Crippen molar-refractivity contribution in [1.82, 2.24) is 40.5 Å². The lowest BCUT2D eigenvalue weighted by Crippen LogP contribution is -2.49. The zero-order chi connectivity index (χ0) is 27.0. The van der Waals surface area contributed by atoms with Gasteiger partial charge in [-0.05, 0) is 30.3 Å². The highest BCUT2D eigenvalue weighted by Gasteiger charge is 2.59. The molecule has 2 unspecified atom stereocenters. The van der Waals surface area contributed by atoms with Crippen LogP contribution in [0.5, 0.6) is 0 Å². The zero-order valence-electron chi connectivity index (χ0n) is 21.4. The molecule has 3 aromatic rings. The first-order chi connectivity index (χ1) is 18.9. The van der Waals surface area contributed by atoms with Gasteiger partial charge in [-0.2, -0.15) is 0 Å². The lowest BCUT2D eigenvalue weighted by molar-refractivity contribution is -0.122. The Bertz CT molecular complexity index is 1390. The van der Waals surface area contributed by atoms with Crippen LogP contribution >= 0.6 is 23.2 Å². The van der Waals surface area contributed by atoms with Gasteiger partial charge in [0, 0.05) is 68.0 Å². The fourth-order valence-corrected chi connectivity index (χ4v) is 5.99. The molecule has 6 rings (SSSR count). The summed E-state index contributed by atoms with van der Waals surface area (Å²) in [5.74, 6) is 0.556. The summed E-state index contributed by atoms with van der Waals surface area (Å²) in [6.45, 7) is 6.84. The molecular weight excluding hydrogens is 539 g/mol. The second-order valence-electron chi connectivity index (χ2n) is 10.4. The quantitative estimate of drug-likeness (QED) is 0.261. The van der Waals surface area contributed by atoms with Gasteiger partial charge in [0.15, 0.2) is 11.6 Å². The zero-order valence-corrected chi connectivity index (χ0v) is 22.9. The second kappa shape index (κ2) is 11.0. The van der Waals surface area contributed by atoms with Gasteiger partial charge in [0.25, 0.3) is 0 Å². The van der Waals surface area contributed by atoms with E-state index in [0.717, 1.165) is 39.3 Å². The SMILES string of the molecule is O=C(CN1CCNCC1)NCC12CN(Cc3nncn3-c3ccc(Cl)cc3C(=O)c3ccccc3Cl)CC1N2. The Morgan fingerprint density at radius 2 is 1.90 bits per heavy atom. The second-order valence-corrected chi connectivity index (χ2v) is 11.3. The number of likely N-dealkylation sites (tertiary alicyclic amines) is 1. The maximum absolute atomic E-state index is 13.5. The number of fused-ring (bicyclic) bond motifs is 1. The number of halogens is 2. The van der Waals surface area contributed by atoms with Gasteiger partial charge in [0.1, 0.15) is 6.33 Å². The summed E-state index contributed by atoms with van der Waals surface area (Å²) >= 11 is 12.6. The maximum atomic E-state index is 13.5. The first-order valence-electron chi connectivity index (χ1n) is 13.1. The lowest BCUT2D eigenvalue weighted by Gasteiger charge is -2.26. The van der Waals surface area contributed by atoms with Gasteiger partial charge in [0.2, 0.25) is 5.91 Å². The molecule has 3 fully saturated rings. The number of carbonyl (C=O) groups is 2. The van der Waals surface area contributed by atoms with E-state index in [4.69, 9.17) is 23.2 Å². The average molecular weight is 569 g/mol. The van der Waals surface area contributed by atoms with Gasteiger partial charge in [-0.1, -0.05) is 35.3 Å². The Kier molecular flexibility index (Phi) is 7.41. The third kappa shape index (κ3) is 5.58. The molecule has 0 saturated carbocycles. The third-order valence-corrected chi connectivity index (χ3v) is 8.30. The lowest BCUT2D eigenvalue weighted by atomic mass is 10.0. The number of nitrogens with zero attached hydrogens (tertiary/aromatic N) is 5. The molecule has 2 aromatic carbocycles. The van der Waals surface area contributed by atoms with Gasteiger partial charge in [0.05, 0.1) is 29.3 Å². The van der Waals surface area contributed by atoms with Crippen molar-refractivity contribution in [2.75, 3.05) is 52.4 Å². The number of carbonyl (C=O) groups excluding carboxylic acids is 2. The van der Waals surface area contributed by atoms with Crippen LogP contribution < -0.4 is 16.0 Å². The van der Waals surface area contributed by atoms with E-state index in [1.807, 2.05) is 4.57 Å². The van der Waals surface area contributed by atoms with E-state index in [2.05, 4.69) is 35.9 Å². The highest BCUT2D eigenvalue weighted by Crippen LogP contribution is 2.35. The molecule has 4 heterocycles. The predicted molar refractivity (Wildman–Crippen MR) is 149 cm³/mol. The summed E-state index contributed by atoms with van der Waals surface area (Å²) in [5, 5.41) is 19.4. The van der Waals surface area contributed by atoms with Crippen LogP contribution in [0, 0.1) is 0 Å². The highest BCUT2D eigenvalue weighted by atomic mass is 35.5. The Labute approximate surface area is 236 Å². The van der Waals surface area contributed by atoms with Crippen molar-refractivity contribution in [3.8, 4) is 5.69 Å². The summed E-state index contributed by atoms with van der Waals surface area (Å²) in [7, 11) is 0. The molecule has 39 heavy (non-hydrogen) atoms. The molecule has 3 saturated heterocycles. The van der Waals surface area contributed by atoms with Crippen LogP contribution in [-0.4, -0.2) is 100 Å². The minimum atomic E-state index is -0.222. The molecule has 0 spiro atoms. The number of ketones is 1. The number of amides is 1. The third-order valence-electron chi connectivity index (χ3n) is 7.73. The van der Waals surface area contributed by atoms with Crippen molar-refractivity contribution in [3.05, 3.63) is 75.8 Å². The topological polar surface area (TPSA) is 117 Å².